The van der Waals surface area contributed by atoms with Gasteiger partial charge in [0.25, 0.3) is 5.91 Å². The molecule has 98 valence electrons. The standard InChI is InChI=1S/C13H12N2O4/c16-7-11(13(18)19)15-12(17)9-5-6-14-10-4-2-1-3-8(9)10/h1-6,11,16H,7H2,(H,15,17)(H,18,19). The number of hydrogen-bond donors (Lipinski definition) is 3. The molecule has 6 nitrogen and oxygen atoms in total. The Labute approximate surface area is 108 Å². The maximum atomic E-state index is 12.0. The van der Waals surface area contributed by atoms with Gasteiger partial charge in [-0.3, -0.25) is 9.78 Å². The monoisotopic (exact) mass is 260 g/mol. The van der Waals surface area contributed by atoms with Crippen molar-refractivity contribution in [1.82, 2.24) is 10.3 Å². The van der Waals surface area contributed by atoms with Crippen molar-refractivity contribution in [2.75, 3.05) is 6.61 Å². The Morgan fingerprint density at radius 1 is 1.26 bits per heavy atom. The van der Waals surface area contributed by atoms with Gasteiger partial charge in [-0.1, -0.05) is 18.2 Å². The number of carboxylic acids is 1. The molecule has 0 aliphatic rings. The summed E-state index contributed by atoms with van der Waals surface area (Å²) in [7, 11) is 0. The molecule has 2 rings (SSSR count). The Kier molecular flexibility index (Phi) is 3.72. The third-order valence-corrected chi connectivity index (χ3v) is 2.68. The van der Waals surface area contributed by atoms with Crippen molar-refractivity contribution in [3.05, 3.63) is 42.1 Å². The lowest BCUT2D eigenvalue weighted by molar-refractivity contribution is -0.140. The lowest BCUT2D eigenvalue weighted by Crippen LogP contribution is -2.43. The van der Waals surface area contributed by atoms with Crippen LogP contribution in [0.4, 0.5) is 0 Å². The van der Waals surface area contributed by atoms with Crippen molar-refractivity contribution >= 4 is 22.8 Å². The van der Waals surface area contributed by atoms with Gasteiger partial charge in [-0.15, -0.1) is 0 Å². The molecule has 3 N–H and O–H groups in total. The lowest BCUT2D eigenvalue weighted by Gasteiger charge is -2.12. The average molecular weight is 260 g/mol. The quantitative estimate of drug-likeness (QED) is 0.739. The smallest absolute Gasteiger partial charge is 0.328 e. The molecule has 0 fully saturated rings. The Hall–Kier alpha value is -2.47. The first-order valence-corrected chi connectivity index (χ1v) is 5.61. The van der Waals surface area contributed by atoms with E-state index in [2.05, 4.69) is 10.3 Å². The average Bonchev–Trinajstić information content (AvgIpc) is 2.43. The summed E-state index contributed by atoms with van der Waals surface area (Å²) in [6.07, 6.45) is 1.48. The molecule has 6 heteroatoms. The van der Waals surface area contributed by atoms with Crippen molar-refractivity contribution in [3.8, 4) is 0 Å². The second-order valence-electron chi connectivity index (χ2n) is 3.92. The van der Waals surface area contributed by atoms with Gasteiger partial charge in [0, 0.05) is 11.6 Å². The minimum Gasteiger partial charge on any atom is -0.480 e. The number of carbonyl (C=O) groups is 2. The van der Waals surface area contributed by atoms with Gasteiger partial charge < -0.3 is 15.5 Å². The Bertz CT molecular complexity index is 622. The number of hydrogen-bond acceptors (Lipinski definition) is 4. The number of rotatable bonds is 4. The highest BCUT2D eigenvalue weighted by atomic mass is 16.4. The second kappa shape index (κ2) is 5.45. The first kappa shape index (κ1) is 13.0. The normalized spacial score (nSPS) is 12.1. The molecule has 19 heavy (non-hydrogen) atoms. The van der Waals surface area contributed by atoms with Crippen molar-refractivity contribution in [1.29, 1.82) is 0 Å². The van der Waals surface area contributed by atoms with E-state index in [4.69, 9.17) is 10.2 Å². The minimum atomic E-state index is -1.32. The second-order valence-corrected chi connectivity index (χ2v) is 3.92. The summed E-state index contributed by atoms with van der Waals surface area (Å²) < 4.78 is 0. The van der Waals surface area contributed by atoms with E-state index >= 15 is 0 Å². The Morgan fingerprint density at radius 3 is 2.68 bits per heavy atom. The molecule has 0 spiro atoms. The zero-order valence-electron chi connectivity index (χ0n) is 9.91. The van der Waals surface area contributed by atoms with Crippen LogP contribution < -0.4 is 5.32 Å². The van der Waals surface area contributed by atoms with Crippen LogP contribution in [0.1, 0.15) is 10.4 Å². The highest BCUT2D eigenvalue weighted by Crippen LogP contribution is 2.16. The fraction of sp³-hybridized carbons (Fsp3) is 0.154. The topological polar surface area (TPSA) is 99.5 Å². The molecule has 0 bridgehead atoms. The van der Waals surface area contributed by atoms with Crippen LogP contribution in [0.25, 0.3) is 10.9 Å². The van der Waals surface area contributed by atoms with Crippen LogP contribution >= 0.6 is 0 Å². The Morgan fingerprint density at radius 2 is 2.00 bits per heavy atom. The minimum absolute atomic E-state index is 0.324. The van der Waals surface area contributed by atoms with E-state index in [1.807, 2.05) is 0 Å². The number of nitrogens with zero attached hydrogens (tertiary/aromatic N) is 1. The fourth-order valence-electron chi connectivity index (χ4n) is 1.72. The maximum Gasteiger partial charge on any atom is 0.328 e. The number of aliphatic hydroxyl groups excluding tert-OH is 1. The van der Waals surface area contributed by atoms with E-state index in [0.29, 0.717) is 16.5 Å². The number of para-hydroxylation sites is 1. The van der Waals surface area contributed by atoms with Crippen molar-refractivity contribution < 1.29 is 19.8 Å². The van der Waals surface area contributed by atoms with E-state index in [1.165, 1.54) is 12.3 Å². The van der Waals surface area contributed by atoms with Gasteiger partial charge in [-0.2, -0.15) is 0 Å². The first-order chi connectivity index (χ1) is 9.13. The van der Waals surface area contributed by atoms with Gasteiger partial charge in [0.1, 0.15) is 0 Å². The number of aliphatic hydroxyl groups is 1. The van der Waals surface area contributed by atoms with Crippen LogP contribution in [-0.2, 0) is 4.79 Å². The molecule has 1 amide bonds. The van der Waals surface area contributed by atoms with Crippen LogP contribution in [0.5, 0.6) is 0 Å². The van der Waals surface area contributed by atoms with E-state index < -0.39 is 24.5 Å². The molecule has 1 heterocycles. The fourth-order valence-corrected chi connectivity index (χ4v) is 1.72. The number of aromatic nitrogens is 1. The number of carbonyl (C=O) groups excluding carboxylic acids is 1. The zero-order chi connectivity index (χ0) is 13.8. The lowest BCUT2D eigenvalue weighted by atomic mass is 10.1. The van der Waals surface area contributed by atoms with Crippen LogP contribution in [0.15, 0.2) is 36.5 Å². The largest absolute Gasteiger partial charge is 0.480 e. The summed E-state index contributed by atoms with van der Waals surface area (Å²) in [6.45, 7) is -0.663. The SMILES string of the molecule is O=C(NC(CO)C(=O)O)c1ccnc2ccccc12. The number of carboxylic acid groups (broad SMARTS) is 1. The summed E-state index contributed by atoms with van der Waals surface area (Å²) in [5.41, 5.74) is 0.969. The number of benzene rings is 1. The van der Waals surface area contributed by atoms with Gasteiger partial charge in [0.05, 0.1) is 17.7 Å². The van der Waals surface area contributed by atoms with Crippen LogP contribution in [0.2, 0.25) is 0 Å². The molecule has 0 aliphatic carbocycles. The van der Waals surface area contributed by atoms with Gasteiger partial charge in [0.2, 0.25) is 0 Å². The third kappa shape index (κ3) is 2.69. The summed E-state index contributed by atoms with van der Waals surface area (Å²) in [5.74, 6) is -1.84. The highest BCUT2D eigenvalue weighted by molar-refractivity contribution is 6.06. The van der Waals surface area contributed by atoms with Crippen LogP contribution in [0.3, 0.4) is 0 Å². The molecule has 0 aliphatic heterocycles. The summed E-state index contributed by atoms with van der Waals surface area (Å²) in [4.78, 5) is 26.9. The first-order valence-electron chi connectivity index (χ1n) is 5.61. The molecule has 0 saturated carbocycles. The van der Waals surface area contributed by atoms with E-state index in [9.17, 15) is 9.59 Å². The van der Waals surface area contributed by atoms with Crippen molar-refractivity contribution in [2.24, 2.45) is 0 Å². The molecule has 1 aromatic carbocycles. The number of pyridine rings is 1. The molecule has 0 saturated heterocycles. The molecule has 1 atom stereocenters. The number of amides is 1. The summed E-state index contributed by atoms with van der Waals surface area (Å²) in [5, 5.41) is 20.6. The molecule has 2 aromatic rings. The third-order valence-electron chi connectivity index (χ3n) is 2.68. The van der Waals surface area contributed by atoms with Crippen molar-refractivity contribution in [2.45, 2.75) is 6.04 Å². The number of aliphatic carboxylic acids is 1. The van der Waals surface area contributed by atoms with Crippen molar-refractivity contribution in [3.63, 3.8) is 0 Å². The van der Waals surface area contributed by atoms with Gasteiger partial charge >= 0.3 is 5.97 Å². The number of fused-ring (bicyclic) bond motifs is 1. The number of nitrogens with one attached hydrogen (secondary N) is 1. The predicted molar refractivity (Wildman–Crippen MR) is 67.7 cm³/mol. The van der Waals surface area contributed by atoms with Gasteiger partial charge in [-0.05, 0) is 12.1 Å². The zero-order valence-corrected chi connectivity index (χ0v) is 9.91. The van der Waals surface area contributed by atoms with Gasteiger partial charge in [0.15, 0.2) is 6.04 Å². The van der Waals surface area contributed by atoms with Crippen LogP contribution in [-0.4, -0.2) is 39.7 Å². The van der Waals surface area contributed by atoms with Gasteiger partial charge in [-0.25, -0.2) is 4.79 Å². The van der Waals surface area contributed by atoms with E-state index in [0.717, 1.165) is 0 Å². The molecule has 0 radical (unpaired) electrons. The maximum absolute atomic E-state index is 12.0. The molecule has 1 unspecified atom stereocenters. The highest BCUT2D eigenvalue weighted by Gasteiger charge is 2.20. The molecule has 1 aromatic heterocycles. The van der Waals surface area contributed by atoms with E-state index in [1.54, 1.807) is 24.3 Å². The predicted octanol–water partition coefficient (Wildman–Crippen LogP) is 0.410. The molecular formula is C13H12N2O4. The van der Waals surface area contributed by atoms with E-state index in [-0.39, 0.29) is 0 Å². The molecular weight excluding hydrogens is 248 g/mol. The Balaban J connectivity index is 2.34. The summed E-state index contributed by atoms with van der Waals surface area (Å²) >= 11 is 0. The van der Waals surface area contributed by atoms with Crippen LogP contribution in [0, 0.1) is 0 Å². The summed E-state index contributed by atoms with van der Waals surface area (Å²) in [6, 6.07) is 7.23.